The molecule has 9 nitrogen and oxygen atoms in total. The first-order valence-electron chi connectivity index (χ1n) is 9.73. The van der Waals surface area contributed by atoms with E-state index in [0.29, 0.717) is 17.0 Å². The van der Waals surface area contributed by atoms with Gasteiger partial charge in [-0.1, -0.05) is 12.1 Å². The van der Waals surface area contributed by atoms with Crippen LogP contribution >= 0.6 is 0 Å². The zero-order valence-electron chi connectivity index (χ0n) is 18.0. The number of hydrogen-bond donors (Lipinski definition) is 3. The number of esters is 1. The Bertz CT molecular complexity index is 999. The zero-order chi connectivity index (χ0) is 23.7. The van der Waals surface area contributed by atoms with E-state index < -0.39 is 35.8 Å². The number of rotatable bonds is 9. The third kappa shape index (κ3) is 7.28. The standard InChI is InChI=1S/C23H25N3O6/c1-14(25-20(27)13-6-16-4-11-19(31-3)12-5-16)23(30)32-15(2)22(29)26-18-9-7-17(8-10-18)21(24)28/h4-15H,1-3H3,(H2,24,28)(H,25,27)(H,26,29)/t14-,15?/m0/s1. The molecule has 168 valence electrons. The van der Waals surface area contributed by atoms with Crippen LogP contribution < -0.4 is 21.1 Å². The summed E-state index contributed by atoms with van der Waals surface area (Å²) in [5.41, 5.74) is 6.66. The number of benzene rings is 2. The fraction of sp³-hybridized carbons (Fsp3) is 0.217. The Hall–Kier alpha value is -4.14. The van der Waals surface area contributed by atoms with Gasteiger partial charge in [0, 0.05) is 17.3 Å². The highest BCUT2D eigenvalue weighted by molar-refractivity contribution is 5.98. The molecule has 0 heterocycles. The van der Waals surface area contributed by atoms with Crippen LogP contribution in [0, 0.1) is 0 Å². The summed E-state index contributed by atoms with van der Waals surface area (Å²) >= 11 is 0. The van der Waals surface area contributed by atoms with Crippen molar-refractivity contribution >= 4 is 35.5 Å². The first-order valence-corrected chi connectivity index (χ1v) is 9.73. The molecule has 0 saturated carbocycles. The lowest BCUT2D eigenvalue weighted by Crippen LogP contribution is -2.41. The van der Waals surface area contributed by atoms with E-state index in [1.807, 2.05) is 0 Å². The fourth-order valence-corrected chi connectivity index (χ4v) is 2.50. The maximum Gasteiger partial charge on any atom is 0.329 e. The second-order valence-corrected chi connectivity index (χ2v) is 6.85. The lowest BCUT2D eigenvalue weighted by atomic mass is 10.2. The topological polar surface area (TPSA) is 137 Å². The van der Waals surface area contributed by atoms with Gasteiger partial charge < -0.3 is 25.8 Å². The minimum Gasteiger partial charge on any atom is -0.497 e. The van der Waals surface area contributed by atoms with Crippen molar-refractivity contribution in [2.45, 2.75) is 26.0 Å². The molecule has 3 amide bonds. The predicted octanol–water partition coefficient (Wildman–Crippen LogP) is 1.88. The van der Waals surface area contributed by atoms with E-state index in [4.69, 9.17) is 15.2 Å². The highest BCUT2D eigenvalue weighted by atomic mass is 16.5. The molecule has 0 radical (unpaired) electrons. The van der Waals surface area contributed by atoms with E-state index in [0.717, 1.165) is 5.56 Å². The van der Waals surface area contributed by atoms with Gasteiger partial charge in [-0.2, -0.15) is 0 Å². The van der Waals surface area contributed by atoms with Crippen molar-refractivity contribution in [2.24, 2.45) is 5.73 Å². The van der Waals surface area contributed by atoms with Crippen LogP contribution in [0.3, 0.4) is 0 Å². The Kier molecular flexibility index (Phi) is 8.53. The summed E-state index contributed by atoms with van der Waals surface area (Å²) < 4.78 is 10.2. The van der Waals surface area contributed by atoms with Crippen LogP contribution in [0.2, 0.25) is 0 Å². The Morgan fingerprint density at radius 1 is 0.969 bits per heavy atom. The molecule has 9 heteroatoms. The lowest BCUT2D eigenvalue weighted by Gasteiger charge is -2.17. The van der Waals surface area contributed by atoms with E-state index in [1.165, 1.54) is 44.2 Å². The molecule has 2 aromatic carbocycles. The molecule has 2 atom stereocenters. The molecule has 0 fully saturated rings. The SMILES string of the molecule is COc1ccc(C=CC(=O)N[C@@H](C)C(=O)OC(C)C(=O)Nc2ccc(C(N)=O)cc2)cc1. The van der Waals surface area contributed by atoms with Gasteiger partial charge in [0.15, 0.2) is 6.10 Å². The third-order valence-corrected chi connectivity index (χ3v) is 4.35. The average Bonchev–Trinajstić information content (AvgIpc) is 2.78. The minimum atomic E-state index is -1.10. The normalized spacial score (nSPS) is 12.5. The second kappa shape index (κ2) is 11.3. The zero-order valence-corrected chi connectivity index (χ0v) is 18.0. The van der Waals surface area contributed by atoms with E-state index >= 15 is 0 Å². The summed E-state index contributed by atoms with van der Waals surface area (Å²) in [6, 6.07) is 12.1. The number of amides is 3. The van der Waals surface area contributed by atoms with E-state index in [-0.39, 0.29) is 0 Å². The number of nitrogens with two attached hydrogens (primary N) is 1. The quantitative estimate of drug-likeness (QED) is 0.403. The Balaban J connectivity index is 1.83. The van der Waals surface area contributed by atoms with Crippen LogP contribution in [0.15, 0.2) is 54.6 Å². The van der Waals surface area contributed by atoms with Gasteiger partial charge in [0.25, 0.3) is 5.91 Å². The van der Waals surface area contributed by atoms with Crippen LogP contribution in [0.25, 0.3) is 6.08 Å². The van der Waals surface area contributed by atoms with Gasteiger partial charge in [0.05, 0.1) is 7.11 Å². The maximum absolute atomic E-state index is 12.2. The molecular weight excluding hydrogens is 414 g/mol. The van der Waals surface area contributed by atoms with Crippen LogP contribution in [-0.2, 0) is 19.1 Å². The number of methoxy groups -OCH3 is 1. The van der Waals surface area contributed by atoms with Gasteiger partial charge in [-0.05, 0) is 61.9 Å². The number of nitrogens with one attached hydrogen (secondary N) is 2. The Morgan fingerprint density at radius 3 is 2.16 bits per heavy atom. The summed E-state index contributed by atoms with van der Waals surface area (Å²) in [7, 11) is 1.56. The molecule has 4 N–H and O–H groups in total. The first kappa shape index (κ1) is 24.1. The molecule has 0 aliphatic heterocycles. The van der Waals surface area contributed by atoms with Crippen molar-refractivity contribution in [3.8, 4) is 5.75 Å². The van der Waals surface area contributed by atoms with Gasteiger partial charge in [0.1, 0.15) is 11.8 Å². The van der Waals surface area contributed by atoms with Crippen LogP contribution in [-0.4, -0.2) is 42.9 Å². The number of carbonyl (C=O) groups excluding carboxylic acids is 4. The molecule has 0 spiro atoms. The van der Waals surface area contributed by atoms with Gasteiger partial charge >= 0.3 is 5.97 Å². The third-order valence-electron chi connectivity index (χ3n) is 4.35. The lowest BCUT2D eigenvalue weighted by molar-refractivity contribution is -0.155. The molecule has 32 heavy (non-hydrogen) atoms. The van der Waals surface area contributed by atoms with Crippen molar-refractivity contribution in [2.75, 3.05) is 12.4 Å². The molecule has 0 aliphatic rings. The summed E-state index contributed by atoms with van der Waals surface area (Å²) in [6.07, 6.45) is 1.77. The Morgan fingerprint density at radius 2 is 1.59 bits per heavy atom. The summed E-state index contributed by atoms with van der Waals surface area (Å²) in [5, 5.41) is 5.05. The number of anilines is 1. The van der Waals surface area contributed by atoms with Crippen LogP contribution in [0.4, 0.5) is 5.69 Å². The van der Waals surface area contributed by atoms with E-state index in [1.54, 1.807) is 37.5 Å². The smallest absolute Gasteiger partial charge is 0.329 e. The van der Waals surface area contributed by atoms with Crippen molar-refractivity contribution < 1.29 is 28.7 Å². The molecule has 0 aromatic heterocycles. The molecule has 0 aliphatic carbocycles. The second-order valence-electron chi connectivity index (χ2n) is 6.85. The van der Waals surface area contributed by atoms with Crippen molar-refractivity contribution in [1.82, 2.24) is 5.32 Å². The van der Waals surface area contributed by atoms with Gasteiger partial charge in [-0.15, -0.1) is 0 Å². The van der Waals surface area contributed by atoms with Crippen molar-refractivity contribution in [3.05, 3.63) is 65.7 Å². The summed E-state index contributed by atoms with van der Waals surface area (Å²) in [5.74, 6) is -1.70. The highest BCUT2D eigenvalue weighted by Gasteiger charge is 2.22. The van der Waals surface area contributed by atoms with Crippen LogP contribution in [0.1, 0.15) is 29.8 Å². The summed E-state index contributed by atoms with van der Waals surface area (Å²) in [6.45, 7) is 2.86. The van der Waals surface area contributed by atoms with Crippen molar-refractivity contribution in [3.63, 3.8) is 0 Å². The highest BCUT2D eigenvalue weighted by Crippen LogP contribution is 2.12. The molecule has 1 unspecified atom stereocenters. The first-order chi connectivity index (χ1) is 15.2. The van der Waals surface area contributed by atoms with Gasteiger partial charge in [-0.25, -0.2) is 4.79 Å². The van der Waals surface area contributed by atoms with E-state index in [9.17, 15) is 19.2 Å². The monoisotopic (exact) mass is 439 g/mol. The average molecular weight is 439 g/mol. The van der Waals surface area contributed by atoms with Crippen molar-refractivity contribution in [1.29, 1.82) is 0 Å². The fourth-order valence-electron chi connectivity index (χ4n) is 2.50. The molecule has 0 saturated heterocycles. The molecule has 0 bridgehead atoms. The number of carbonyl (C=O) groups is 4. The molecule has 2 rings (SSSR count). The number of hydrogen-bond acceptors (Lipinski definition) is 6. The minimum absolute atomic E-state index is 0.299. The van der Waals surface area contributed by atoms with E-state index in [2.05, 4.69) is 10.6 Å². The largest absolute Gasteiger partial charge is 0.497 e. The predicted molar refractivity (Wildman–Crippen MR) is 119 cm³/mol. The Labute approximate surface area is 185 Å². The van der Waals surface area contributed by atoms with Gasteiger partial charge in [-0.3, -0.25) is 14.4 Å². The molecular formula is C23H25N3O6. The number of ether oxygens (including phenoxy) is 2. The molecule has 2 aromatic rings. The maximum atomic E-state index is 12.2. The van der Waals surface area contributed by atoms with Crippen LogP contribution in [0.5, 0.6) is 5.75 Å². The summed E-state index contributed by atoms with van der Waals surface area (Å²) in [4.78, 5) is 47.6. The number of primary amides is 1. The van der Waals surface area contributed by atoms with Gasteiger partial charge in [0.2, 0.25) is 11.8 Å².